The molecule has 1 aliphatic carbocycles. The summed E-state index contributed by atoms with van der Waals surface area (Å²) in [6, 6.07) is 8.76. The summed E-state index contributed by atoms with van der Waals surface area (Å²) in [6.45, 7) is 0. The Morgan fingerprint density at radius 3 is 2.41 bits per heavy atom. The molecule has 2 heterocycles. The second kappa shape index (κ2) is 9.41. The summed E-state index contributed by atoms with van der Waals surface area (Å²) >= 11 is 0. The van der Waals surface area contributed by atoms with E-state index in [4.69, 9.17) is 14.3 Å². The molecular formula is C21H20FN5O5. The van der Waals surface area contributed by atoms with Gasteiger partial charge in [0.05, 0.1) is 17.8 Å². The van der Waals surface area contributed by atoms with Crippen LogP contribution in [0.15, 0.2) is 47.0 Å². The van der Waals surface area contributed by atoms with Crippen LogP contribution < -0.4 is 15.4 Å². The smallest absolute Gasteiger partial charge is 0.320 e. The quantitative estimate of drug-likeness (QED) is 0.501. The molecule has 4 rings (SSSR count). The maximum atomic E-state index is 13.0. The fraction of sp³-hybridized carbons (Fsp3) is 0.286. The number of amides is 1. The number of pyridine rings is 1. The molecule has 166 valence electrons. The Kier molecular flexibility index (Phi) is 6.24. The monoisotopic (exact) mass is 441 g/mol. The summed E-state index contributed by atoms with van der Waals surface area (Å²) in [5, 5.41) is 21.9. The molecule has 0 spiro atoms. The Labute approximate surface area is 181 Å². The first-order valence-electron chi connectivity index (χ1n) is 9.99. The lowest BCUT2D eigenvalue weighted by Gasteiger charge is -2.26. The molecule has 1 aromatic carbocycles. The molecule has 1 amide bonds. The van der Waals surface area contributed by atoms with E-state index in [0.29, 0.717) is 42.9 Å². The summed E-state index contributed by atoms with van der Waals surface area (Å²) < 4.78 is 24.0. The van der Waals surface area contributed by atoms with Crippen LogP contribution in [0.5, 0.6) is 5.88 Å². The molecule has 0 bridgehead atoms. The number of halogens is 1. The first-order valence-corrected chi connectivity index (χ1v) is 9.99. The van der Waals surface area contributed by atoms with Crippen molar-refractivity contribution in [1.82, 2.24) is 15.2 Å². The molecule has 0 atom stereocenters. The van der Waals surface area contributed by atoms with Crippen molar-refractivity contribution in [2.45, 2.75) is 31.8 Å². The molecule has 1 aliphatic rings. The minimum atomic E-state index is -0.763. The Hall–Kier alpha value is -4.02. The lowest BCUT2D eigenvalue weighted by atomic mass is 9.87. The number of aromatic nitrogens is 3. The van der Waals surface area contributed by atoms with Crippen LogP contribution in [-0.4, -0.2) is 38.3 Å². The van der Waals surface area contributed by atoms with Crippen LogP contribution in [0.3, 0.4) is 0 Å². The number of carboxylic acid groups (broad SMARTS) is 1. The minimum Gasteiger partial charge on any atom is -0.481 e. The van der Waals surface area contributed by atoms with Crippen molar-refractivity contribution in [2.75, 3.05) is 10.6 Å². The minimum absolute atomic E-state index is 0.0127. The van der Waals surface area contributed by atoms with E-state index in [1.807, 2.05) is 0 Å². The van der Waals surface area contributed by atoms with E-state index in [2.05, 4.69) is 25.8 Å². The van der Waals surface area contributed by atoms with Gasteiger partial charge in [-0.15, -0.1) is 5.10 Å². The molecule has 0 saturated heterocycles. The van der Waals surface area contributed by atoms with Crippen LogP contribution >= 0.6 is 0 Å². The van der Waals surface area contributed by atoms with Crippen molar-refractivity contribution in [3.63, 3.8) is 0 Å². The van der Waals surface area contributed by atoms with Gasteiger partial charge in [-0.05, 0) is 56.0 Å². The van der Waals surface area contributed by atoms with Crippen LogP contribution in [-0.2, 0) is 4.79 Å². The summed E-state index contributed by atoms with van der Waals surface area (Å²) in [4.78, 5) is 27.5. The van der Waals surface area contributed by atoms with Gasteiger partial charge in [-0.1, -0.05) is 5.10 Å². The van der Waals surface area contributed by atoms with Gasteiger partial charge in [-0.25, -0.2) is 9.37 Å². The molecule has 0 aliphatic heterocycles. The zero-order valence-corrected chi connectivity index (χ0v) is 16.8. The lowest BCUT2D eigenvalue weighted by molar-refractivity contribution is -0.143. The molecule has 3 N–H and O–H groups in total. The fourth-order valence-electron chi connectivity index (χ4n) is 3.33. The molecule has 32 heavy (non-hydrogen) atoms. The number of carbonyl (C=O) groups is 2. The van der Waals surface area contributed by atoms with Crippen LogP contribution in [0.1, 0.15) is 36.4 Å². The molecular weight excluding hydrogens is 421 g/mol. The third-order valence-corrected chi connectivity index (χ3v) is 5.02. The van der Waals surface area contributed by atoms with Crippen molar-refractivity contribution in [1.29, 1.82) is 0 Å². The van der Waals surface area contributed by atoms with E-state index < -0.39 is 11.9 Å². The number of carbonyl (C=O) groups excluding carboxylic acids is 1. The number of hydrogen-bond acceptors (Lipinski definition) is 8. The van der Waals surface area contributed by atoms with Gasteiger partial charge in [-0.2, -0.15) is 0 Å². The predicted molar refractivity (Wildman–Crippen MR) is 110 cm³/mol. The first kappa shape index (κ1) is 21.2. The fourth-order valence-corrected chi connectivity index (χ4v) is 3.33. The summed E-state index contributed by atoms with van der Waals surface area (Å²) in [6.07, 6.45) is 3.83. The third kappa shape index (κ3) is 5.36. The Morgan fingerprint density at radius 1 is 1.03 bits per heavy atom. The van der Waals surface area contributed by atoms with Crippen molar-refractivity contribution in [3.05, 3.63) is 54.3 Å². The molecule has 1 saturated carbocycles. The Balaban J connectivity index is 1.29. The number of anilines is 3. The number of benzene rings is 1. The number of carboxylic acids is 1. The van der Waals surface area contributed by atoms with Crippen LogP contribution in [0.4, 0.5) is 21.8 Å². The molecule has 0 unspecified atom stereocenters. The van der Waals surface area contributed by atoms with Gasteiger partial charge in [-0.3, -0.25) is 9.59 Å². The average Bonchev–Trinajstić information content (AvgIpc) is 3.26. The standard InChI is InChI=1S/C21H20FN5O5/c22-13-3-5-14(6-4-13)25-21-27-26-19(32-21)18(28)24-15-7-10-17(23-11-15)31-16-8-1-12(2-9-16)20(29)30/h3-7,10-12,16H,1-2,8-9H2,(H,24,28)(H,25,27)(H,29,30). The number of ether oxygens (including phenoxy) is 1. The van der Waals surface area contributed by atoms with Crippen LogP contribution in [0.25, 0.3) is 0 Å². The van der Waals surface area contributed by atoms with Gasteiger partial charge in [0.25, 0.3) is 0 Å². The molecule has 10 nitrogen and oxygen atoms in total. The number of nitrogens with zero attached hydrogens (tertiary/aromatic N) is 3. The highest BCUT2D eigenvalue weighted by molar-refractivity contribution is 6.00. The third-order valence-electron chi connectivity index (χ3n) is 5.02. The number of hydrogen-bond donors (Lipinski definition) is 3. The van der Waals surface area contributed by atoms with Crippen molar-refractivity contribution < 1.29 is 28.2 Å². The largest absolute Gasteiger partial charge is 0.481 e. The highest BCUT2D eigenvalue weighted by Crippen LogP contribution is 2.27. The first-order chi connectivity index (χ1) is 15.5. The van der Waals surface area contributed by atoms with Crippen LogP contribution in [0, 0.1) is 11.7 Å². The molecule has 3 aromatic rings. The van der Waals surface area contributed by atoms with Gasteiger partial charge in [0.1, 0.15) is 11.9 Å². The number of rotatable bonds is 7. The zero-order chi connectivity index (χ0) is 22.5. The van der Waals surface area contributed by atoms with E-state index in [9.17, 15) is 14.0 Å². The van der Waals surface area contributed by atoms with E-state index in [0.717, 1.165) is 0 Å². The number of aliphatic carboxylic acids is 1. The average molecular weight is 441 g/mol. The second-order valence-electron chi connectivity index (χ2n) is 7.31. The lowest BCUT2D eigenvalue weighted by Crippen LogP contribution is -2.28. The van der Waals surface area contributed by atoms with Crippen LogP contribution in [0.2, 0.25) is 0 Å². The second-order valence-corrected chi connectivity index (χ2v) is 7.31. The van der Waals surface area contributed by atoms with Gasteiger partial charge in [0.15, 0.2) is 0 Å². The van der Waals surface area contributed by atoms with Crippen molar-refractivity contribution in [3.8, 4) is 5.88 Å². The summed E-state index contributed by atoms with van der Waals surface area (Å²) in [5.41, 5.74) is 0.932. The normalized spacial score (nSPS) is 18.0. The maximum absolute atomic E-state index is 13.0. The molecule has 2 aromatic heterocycles. The topological polar surface area (TPSA) is 139 Å². The van der Waals surface area contributed by atoms with Gasteiger partial charge in [0.2, 0.25) is 5.88 Å². The van der Waals surface area contributed by atoms with Crippen molar-refractivity contribution in [2.24, 2.45) is 5.92 Å². The van der Waals surface area contributed by atoms with Crippen molar-refractivity contribution >= 4 is 29.3 Å². The number of nitrogens with one attached hydrogen (secondary N) is 2. The highest BCUT2D eigenvalue weighted by atomic mass is 19.1. The van der Waals surface area contributed by atoms with E-state index in [1.165, 1.54) is 30.5 Å². The SMILES string of the molecule is O=C(Nc1ccc(OC2CCC(C(=O)O)CC2)nc1)c1nnc(Nc2ccc(F)cc2)o1. The molecule has 0 radical (unpaired) electrons. The van der Waals surface area contributed by atoms with Gasteiger partial charge < -0.3 is 24.9 Å². The Morgan fingerprint density at radius 2 is 1.75 bits per heavy atom. The van der Waals surface area contributed by atoms with E-state index in [1.54, 1.807) is 12.1 Å². The van der Waals surface area contributed by atoms with E-state index >= 15 is 0 Å². The molecule has 11 heteroatoms. The predicted octanol–water partition coefficient (Wildman–Crippen LogP) is 3.62. The molecule has 1 fully saturated rings. The summed E-state index contributed by atoms with van der Waals surface area (Å²) in [5.74, 6) is -1.93. The van der Waals surface area contributed by atoms with Gasteiger partial charge in [0, 0.05) is 11.8 Å². The Bertz CT molecular complexity index is 1080. The zero-order valence-electron chi connectivity index (χ0n) is 16.8. The highest BCUT2D eigenvalue weighted by Gasteiger charge is 2.27. The van der Waals surface area contributed by atoms with Gasteiger partial charge >= 0.3 is 23.8 Å². The summed E-state index contributed by atoms with van der Waals surface area (Å²) in [7, 11) is 0. The van der Waals surface area contributed by atoms with E-state index in [-0.39, 0.29) is 29.7 Å². The maximum Gasteiger partial charge on any atom is 0.320 e.